The van der Waals surface area contributed by atoms with Crippen LogP contribution in [0.15, 0.2) is 194 Å². The average molecular weight is 693 g/mol. The molecule has 0 spiro atoms. The topological polar surface area (TPSA) is 16.1 Å². The molecular formula is C50H32N2S. The highest BCUT2D eigenvalue weighted by molar-refractivity contribution is 7.19. The number of nitrogens with zero attached hydrogens (tertiary/aromatic N) is 2. The Balaban J connectivity index is 1.18. The second kappa shape index (κ2) is 11.7. The van der Waals surface area contributed by atoms with Crippen LogP contribution in [-0.4, -0.2) is 4.98 Å². The molecular weight excluding hydrogens is 661 g/mol. The van der Waals surface area contributed by atoms with Crippen LogP contribution in [0.1, 0.15) is 22.3 Å². The SMILES string of the molecule is c1ccc(-c2nc3c(s2)-c2cccc4c(N(c5ccccc5)c5cccc6c5-c5ccccc5C6(c5ccccc5)c5ccccc5)ccc-3c24)cc1. The summed E-state index contributed by atoms with van der Waals surface area (Å²) >= 11 is 1.79. The molecule has 3 heteroatoms. The Morgan fingerprint density at radius 2 is 1.06 bits per heavy atom. The monoisotopic (exact) mass is 692 g/mol. The summed E-state index contributed by atoms with van der Waals surface area (Å²) in [6.07, 6.45) is 0. The van der Waals surface area contributed by atoms with E-state index >= 15 is 0 Å². The van der Waals surface area contributed by atoms with Crippen molar-refractivity contribution in [2.24, 2.45) is 0 Å². The summed E-state index contributed by atoms with van der Waals surface area (Å²) in [4.78, 5) is 8.98. The normalized spacial score (nSPS) is 13.1. The Labute approximate surface area is 312 Å². The van der Waals surface area contributed by atoms with Gasteiger partial charge in [0, 0.05) is 38.7 Å². The zero-order chi connectivity index (χ0) is 34.9. The van der Waals surface area contributed by atoms with Crippen LogP contribution in [0.25, 0.3) is 54.2 Å². The Morgan fingerprint density at radius 3 is 1.79 bits per heavy atom. The number of para-hydroxylation sites is 1. The van der Waals surface area contributed by atoms with Gasteiger partial charge < -0.3 is 4.90 Å². The van der Waals surface area contributed by atoms with Gasteiger partial charge >= 0.3 is 0 Å². The van der Waals surface area contributed by atoms with Crippen LogP contribution in [0, 0.1) is 0 Å². The van der Waals surface area contributed by atoms with Crippen molar-refractivity contribution in [2.45, 2.75) is 5.41 Å². The summed E-state index contributed by atoms with van der Waals surface area (Å²) in [7, 11) is 0. The maximum absolute atomic E-state index is 5.24. The minimum absolute atomic E-state index is 0.481. The van der Waals surface area contributed by atoms with Crippen LogP contribution in [-0.2, 0) is 5.41 Å². The van der Waals surface area contributed by atoms with Crippen molar-refractivity contribution < 1.29 is 0 Å². The highest BCUT2D eigenvalue weighted by Gasteiger charge is 2.47. The highest BCUT2D eigenvalue weighted by atomic mass is 32.1. The van der Waals surface area contributed by atoms with Gasteiger partial charge in [0.2, 0.25) is 0 Å². The molecule has 0 fully saturated rings. The lowest BCUT2D eigenvalue weighted by Gasteiger charge is -2.34. The quantitative estimate of drug-likeness (QED) is 0.172. The second-order valence-electron chi connectivity index (χ2n) is 13.8. The van der Waals surface area contributed by atoms with Gasteiger partial charge in [0.1, 0.15) is 5.01 Å². The first-order chi connectivity index (χ1) is 26.3. The molecule has 0 saturated heterocycles. The van der Waals surface area contributed by atoms with Crippen molar-refractivity contribution in [3.05, 3.63) is 216 Å². The number of hydrogen-bond donors (Lipinski definition) is 0. The predicted octanol–water partition coefficient (Wildman–Crippen LogP) is 13.4. The largest absolute Gasteiger partial charge is 0.309 e. The van der Waals surface area contributed by atoms with Crippen LogP contribution in [0.3, 0.4) is 0 Å². The minimum atomic E-state index is -0.481. The van der Waals surface area contributed by atoms with Crippen LogP contribution in [0.4, 0.5) is 17.1 Å². The second-order valence-corrected chi connectivity index (χ2v) is 14.8. The van der Waals surface area contributed by atoms with Crippen molar-refractivity contribution >= 4 is 39.2 Å². The van der Waals surface area contributed by atoms with Gasteiger partial charge in [-0.05, 0) is 52.1 Å². The fraction of sp³-hybridized carbons (Fsp3) is 0.0200. The Bertz CT molecular complexity index is 2760. The highest BCUT2D eigenvalue weighted by Crippen LogP contribution is 2.60. The summed E-state index contributed by atoms with van der Waals surface area (Å²) in [6, 6.07) is 70.8. The van der Waals surface area contributed by atoms with E-state index in [4.69, 9.17) is 4.98 Å². The lowest BCUT2D eigenvalue weighted by atomic mass is 9.68. The molecule has 8 aromatic carbocycles. The Kier molecular flexibility index (Phi) is 6.67. The van der Waals surface area contributed by atoms with Gasteiger partial charge in [-0.25, -0.2) is 4.98 Å². The summed E-state index contributed by atoms with van der Waals surface area (Å²) in [6.45, 7) is 0. The molecule has 0 bridgehead atoms. The molecule has 53 heavy (non-hydrogen) atoms. The van der Waals surface area contributed by atoms with Gasteiger partial charge in [-0.3, -0.25) is 0 Å². The molecule has 1 heterocycles. The number of thiazole rings is 1. The molecule has 9 aromatic rings. The summed E-state index contributed by atoms with van der Waals surface area (Å²) in [5.41, 5.74) is 15.3. The van der Waals surface area contributed by atoms with E-state index in [1.165, 1.54) is 60.2 Å². The van der Waals surface area contributed by atoms with Crippen molar-refractivity contribution in [2.75, 3.05) is 4.90 Å². The first-order valence-corrected chi connectivity index (χ1v) is 19.0. The molecule has 2 aliphatic carbocycles. The summed E-state index contributed by atoms with van der Waals surface area (Å²) < 4.78 is 0. The fourth-order valence-electron chi connectivity index (χ4n) is 9.01. The molecule has 0 aliphatic heterocycles. The van der Waals surface area contributed by atoms with Gasteiger partial charge in [0.05, 0.1) is 27.4 Å². The Hall–Kier alpha value is -6.55. The van der Waals surface area contributed by atoms with E-state index in [2.05, 4.69) is 199 Å². The van der Waals surface area contributed by atoms with Crippen LogP contribution in [0.2, 0.25) is 0 Å². The van der Waals surface area contributed by atoms with Gasteiger partial charge in [-0.2, -0.15) is 0 Å². The molecule has 0 radical (unpaired) electrons. The van der Waals surface area contributed by atoms with E-state index < -0.39 is 5.41 Å². The van der Waals surface area contributed by atoms with Crippen LogP contribution >= 0.6 is 11.3 Å². The first kappa shape index (κ1) is 30.1. The molecule has 1 aromatic heterocycles. The first-order valence-electron chi connectivity index (χ1n) is 18.1. The van der Waals surface area contributed by atoms with E-state index in [1.807, 2.05) is 0 Å². The molecule has 2 nitrogen and oxygen atoms in total. The number of benzene rings is 8. The van der Waals surface area contributed by atoms with Crippen molar-refractivity contribution in [3.63, 3.8) is 0 Å². The van der Waals surface area contributed by atoms with E-state index in [9.17, 15) is 0 Å². The van der Waals surface area contributed by atoms with E-state index in [0.29, 0.717) is 0 Å². The number of fused-ring (bicyclic) bond motifs is 6. The molecule has 0 N–H and O–H groups in total. The van der Waals surface area contributed by atoms with Crippen molar-refractivity contribution in [1.29, 1.82) is 0 Å². The Morgan fingerprint density at radius 1 is 0.453 bits per heavy atom. The smallest absolute Gasteiger partial charge is 0.124 e. The molecule has 0 unspecified atom stereocenters. The fourth-order valence-corrected chi connectivity index (χ4v) is 10.1. The lowest BCUT2D eigenvalue weighted by Crippen LogP contribution is -2.28. The summed E-state index contributed by atoms with van der Waals surface area (Å²) in [5.74, 6) is 0. The number of rotatable bonds is 6. The van der Waals surface area contributed by atoms with E-state index in [0.717, 1.165) is 33.3 Å². The van der Waals surface area contributed by atoms with Crippen molar-refractivity contribution in [1.82, 2.24) is 4.98 Å². The molecule has 248 valence electrons. The van der Waals surface area contributed by atoms with Crippen molar-refractivity contribution in [3.8, 4) is 43.4 Å². The molecule has 0 atom stereocenters. The maximum Gasteiger partial charge on any atom is 0.124 e. The van der Waals surface area contributed by atoms with Gasteiger partial charge in [0.25, 0.3) is 0 Å². The molecule has 0 amide bonds. The molecule has 2 aliphatic rings. The van der Waals surface area contributed by atoms with Gasteiger partial charge in [0.15, 0.2) is 0 Å². The third-order valence-corrected chi connectivity index (χ3v) is 12.3. The van der Waals surface area contributed by atoms with E-state index in [-0.39, 0.29) is 0 Å². The van der Waals surface area contributed by atoms with Gasteiger partial charge in [-0.15, -0.1) is 11.3 Å². The minimum Gasteiger partial charge on any atom is -0.309 e. The summed E-state index contributed by atoms with van der Waals surface area (Å²) in [5, 5.41) is 3.55. The zero-order valence-electron chi connectivity index (χ0n) is 28.8. The van der Waals surface area contributed by atoms with Crippen LogP contribution in [0.5, 0.6) is 0 Å². The number of aromatic nitrogens is 1. The molecule has 11 rings (SSSR count). The average Bonchev–Trinajstić information content (AvgIpc) is 3.90. The number of hydrogen-bond acceptors (Lipinski definition) is 3. The van der Waals surface area contributed by atoms with E-state index in [1.54, 1.807) is 11.3 Å². The van der Waals surface area contributed by atoms with Crippen LogP contribution < -0.4 is 4.90 Å². The lowest BCUT2D eigenvalue weighted by molar-refractivity contribution is 0.768. The standard InChI is InChI=1S/C50H32N2S/c1-5-17-33(18-6-1)49-51-47-39-31-32-43(38-26-15-27-40(45(38)39)48(47)53-49)52(36-23-11-4-12-24-36)44-30-16-29-42-46(44)37-25-13-14-28-41(37)50(42,34-19-7-2-8-20-34)35-21-9-3-10-22-35/h1-32H. The third kappa shape index (κ3) is 4.29. The maximum atomic E-state index is 5.24. The van der Waals surface area contributed by atoms with Gasteiger partial charge in [-0.1, -0.05) is 170 Å². The predicted molar refractivity (Wildman–Crippen MR) is 221 cm³/mol. The number of anilines is 3. The zero-order valence-corrected chi connectivity index (χ0v) is 29.6. The third-order valence-electron chi connectivity index (χ3n) is 11.1. The molecule has 0 saturated carbocycles.